The van der Waals surface area contributed by atoms with E-state index in [0.29, 0.717) is 12.5 Å². The molecule has 1 aliphatic heterocycles. The van der Waals surface area contributed by atoms with Gasteiger partial charge in [0.2, 0.25) is 5.91 Å². The Kier molecular flexibility index (Phi) is 3.27. The average Bonchev–Trinajstić information content (AvgIpc) is 3.18. The van der Waals surface area contributed by atoms with Crippen molar-refractivity contribution in [2.45, 2.75) is 50.2 Å². The average molecular weight is 262 g/mol. The van der Waals surface area contributed by atoms with Crippen LogP contribution in [0.5, 0.6) is 0 Å². The molecule has 0 spiro atoms. The predicted octanol–water partition coefficient (Wildman–Crippen LogP) is 2.37. The minimum Gasteiger partial charge on any atom is -0.331 e. The summed E-state index contributed by atoms with van der Waals surface area (Å²) < 4.78 is 13.4. The minimum absolute atomic E-state index is 0.103. The number of amides is 1. The Morgan fingerprint density at radius 2 is 2.05 bits per heavy atom. The van der Waals surface area contributed by atoms with E-state index in [-0.39, 0.29) is 23.8 Å². The van der Waals surface area contributed by atoms with Gasteiger partial charge in [-0.3, -0.25) is 4.79 Å². The molecule has 2 N–H and O–H groups in total. The zero-order valence-corrected chi connectivity index (χ0v) is 10.9. The second-order valence-corrected chi connectivity index (χ2v) is 5.59. The highest BCUT2D eigenvalue weighted by Crippen LogP contribution is 2.39. The van der Waals surface area contributed by atoms with Crippen molar-refractivity contribution in [2.24, 2.45) is 5.73 Å². The number of halogens is 1. The van der Waals surface area contributed by atoms with Crippen molar-refractivity contribution < 1.29 is 9.18 Å². The van der Waals surface area contributed by atoms with E-state index in [1.165, 1.54) is 12.1 Å². The molecule has 0 aromatic heterocycles. The van der Waals surface area contributed by atoms with E-state index in [4.69, 9.17) is 5.73 Å². The molecule has 3 rings (SSSR count). The molecule has 0 radical (unpaired) electrons. The van der Waals surface area contributed by atoms with E-state index in [1.807, 2.05) is 11.0 Å². The van der Waals surface area contributed by atoms with Crippen LogP contribution in [0.25, 0.3) is 0 Å². The molecule has 1 aromatic rings. The highest BCUT2D eigenvalue weighted by Gasteiger charge is 2.41. The van der Waals surface area contributed by atoms with Crippen molar-refractivity contribution in [2.75, 3.05) is 0 Å². The van der Waals surface area contributed by atoms with Gasteiger partial charge in [0, 0.05) is 18.5 Å². The third kappa shape index (κ3) is 2.50. The monoisotopic (exact) mass is 262 g/mol. The zero-order valence-electron chi connectivity index (χ0n) is 10.9. The Morgan fingerprint density at radius 1 is 1.26 bits per heavy atom. The molecule has 19 heavy (non-hydrogen) atoms. The van der Waals surface area contributed by atoms with Gasteiger partial charge >= 0.3 is 0 Å². The maximum atomic E-state index is 13.4. The summed E-state index contributed by atoms with van der Waals surface area (Å²) in [5.41, 5.74) is 7.09. The first kappa shape index (κ1) is 12.6. The van der Waals surface area contributed by atoms with E-state index < -0.39 is 0 Å². The van der Waals surface area contributed by atoms with Gasteiger partial charge in [-0.25, -0.2) is 4.39 Å². The number of rotatable bonds is 2. The largest absolute Gasteiger partial charge is 0.331 e. The number of benzene rings is 1. The van der Waals surface area contributed by atoms with Gasteiger partial charge in [0.1, 0.15) is 5.82 Å². The Balaban J connectivity index is 1.99. The lowest BCUT2D eigenvalue weighted by Gasteiger charge is -2.34. The summed E-state index contributed by atoms with van der Waals surface area (Å²) in [4.78, 5) is 14.2. The Hall–Kier alpha value is -1.42. The zero-order chi connectivity index (χ0) is 13.4. The van der Waals surface area contributed by atoms with Crippen LogP contribution in [-0.4, -0.2) is 22.9 Å². The molecule has 1 saturated carbocycles. The van der Waals surface area contributed by atoms with Crippen LogP contribution < -0.4 is 5.73 Å². The van der Waals surface area contributed by atoms with Crippen molar-refractivity contribution in [3.05, 3.63) is 35.6 Å². The number of hydrogen-bond donors (Lipinski definition) is 1. The van der Waals surface area contributed by atoms with E-state index in [2.05, 4.69) is 0 Å². The second kappa shape index (κ2) is 4.93. The first-order valence-corrected chi connectivity index (χ1v) is 6.99. The summed E-state index contributed by atoms with van der Waals surface area (Å²) in [5, 5.41) is 0. The number of carbonyl (C=O) groups is 1. The van der Waals surface area contributed by atoms with Crippen molar-refractivity contribution in [1.82, 2.24) is 4.90 Å². The summed E-state index contributed by atoms with van der Waals surface area (Å²) >= 11 is 0. The molecule has 1 aromatic carbocycles. The molecule has 1 heterocycles. The number of carbonyl (C=O) groups excluding carboxylic acids is 1. The van der Waals surface area contributed by atoms with Gasteiger partial charge in [0.05, 0.1) is 6.04 Å². The molecule has 102 valence electrons. The van der Waals surface area contributed by atoms with Crippen molar-refractivity contribution in [3.63, 3.8) is 0 Å². The van der Waals surface area contributed by atoms with Crippen LogP contribution in [0, 0.1) is 5.82 Å². The van der Waals surface area contributed by atoms with E-state index in [0.717, 1.165) is 31.2 Å². The second-order valence-electron chi connectivity index (χ2n) is 5.59. The van der Waals surface area contributed by atoms with Crippen LogP contribution in [0.15, 0.2) is 24.3 Å². The van der Waals surface area contributed by atoms with Crippen LogP contribution >= 0.6 is 0 Å². The molecule has 2 unspecified atom stereocenters. The van der Waals surface area contributed by atoms with Gasteiger partial charge in [0.25, 0.3) is 0 Å². The first-order valence-electron chi connectivity index (χ1n) is 6.99. The van der Waals surface area contributed by atoms with Gasteiger partial charge in [-0.05, 0) is 43.4 Å². The van der Waals surface area contributed by atoms with Crippen LogP contribution in [0.3, 0.4) is 0 Å². The first-order chi connectivity index (χ1) is 9.16. The lowest BCUT2D eigenvalue weighted by atomic mass is 9.96. The molecule has 4 heteroatoms. The molecular weight excluding hydrogens is 243 g/mol. The van der Waals surface area contributed by atoms with E-state index in [1.54, 1.807) is 6.07 Å². The van der Waals surface area contributed by atoms with Crippen molar-refractivity contribution >= 4 is 5.91 Å². The number of nitrogens with two attached hydrogens (primary N) is 1. The van der Waals surface area contributed by atoms with Crippen LogP contribution in [0.2, 0.25) is 0 Å². The van der Waals surface area contributed by atoms with E-state index >= 15 is 0 Å². The summed E-state index contributed by atoms with van der Waals surface area (Å²) in [6, 6.07) is 6.55. The fourth-order valence-electron chi connectivity index (χ4n) is 3.02. The summed E-state index contributed by atoms with van der Waals surface area (Å²) in [5.74, 6) is -0.0955. The molecule has 3 nitrogen and oxygen atoms in total. The highest BCUT2D eigenvalue weighted by atomic mass is 19.1. The maximum Gasteiger partial charge on any atom is 0.223 e. The molecule has 2 aliphatic rings. The quantitative estimate of drug-likeness (QED) is 0.889. The third-order valence-corrected chi connectivity index (χ3v) is 4.05. The van der Waals surface area contributed by atoms with Crippen LogP contribution in [0.4, 0.5) is 4.39 Å². The molecule has 1 amide bonds. The SMILES string of the molecule is NC1CCCC(=O)N(C2CC2)C1c1cccc(F)c1. The third-order valence-electron chi connectivity index (χ3n) is 4.05. The fourth-order valence-corrected chi connectivity index (χ4v) is 3.02. The number of nitrogens with zero attached hydrogens (tertiary/aromatic N) is 1. The van der Waals surface area contributed by atoms with Crippen LogP contribution in [0.1, 0.15) is 43.7 Å². The van der Waals surface area contributed by atoms with E-state index in [9.17, 15) is 9.18 Å². The lowest BCUT2D eigenvalue weighted by Crippen LogP contribution is -2.43. The summed E-state index contributed by atoms with van der Waals surface area (Å²) in [7, 11) is 0. The number of likely N-dealkylation sites (tertiary alicyclic amines) is 1. The highest BCUT2D eigenvalue weighted by molar-refractivity contribution is 5.78. The smallest absolute Gasteiger partial charge is 0.223 e. The summed E-state index contributed by atoms with van der Waals surface area (Å²) in [6.07, 6.45) is 4.30. The predicted molar refractivity (Wildman–Crippen MR) is 70.8 cm³/mol. The molecule has 1 saturated heterocycles. The van der Waals surface area contributed by atoms with Gasteiger partial charge < -0.3 is 10.6 Å². The maximum absolute atomic E-state index is 13.4. The Bertz CT molecular complexity index is 487. The van der Waals surface area contributed by atoms with Crippen LogP contribution in [-0.2, 0) is 4.79 Å². The number of hydrogen-bond acceptors (Lipinski definition) is 2. The minimum atomic E-state index is -0.267. The van der Waals surface area contributed by atoms with Crippen molar-refractivity contribution in [1.29, 1.82) is 0 Å². The van der Waals surface area contributed by atoms with Crippen molar-refractivity contribution in [3.8, 4) is 0 Å². The lowest BCUT2D eigenvalue weighted by molar-refractivity contribution is -0.133. The van der Waals surface area contributed by atoms with Gasteiger partial charge in [-0.2, -0.15) is 0 Å². The fraction of sp³-hybridized carbons (Fsp3) is 0.533. The summed E-state index contributed by atoms with van der Waals surface area (Å²) in [6.45, 7) is 0. The Morgan fingerprint density at radius 3 is 2.74 bits per heavy atom. The topological polar surface area (TPSA) is 46.3 Å². The molecule has 1 aliphatic carbocycles. The standard InChI is InChI=1S/C15H19FN2O/c16-11-4-1-3-10(9-11)15-13(17)5-2-6-14(19)18(15)12-7-8-12/h1,3-4,9,12-13,15H,2,5-8,17H2. The van der Waals surface area contributed by atoms with Gasteiger partial charge in [-0.1, -0.05) is 12.1 Å². The molecular formula is C15H19FN2O. The van der Waals surface area contributed by atoms with Gasteiger partial charge in [0.15, 0.2) is 0 Å². The van der Waals surface area contributed by atoms with Gasteiger partial charge in [-0.15, -0.1) is 0 Å². The molecule has 2 atom stereocenters. The Labute approximate surface area is 112 Å². The molecule has 0 bridgehead atoms. The normalized spacial score (nSPS) is 28.3. The molecule has 2 fully saturated rings.